The van der Waals surface area contributed by atoms with Crippen molar-refractivity contribution in [2.75, 3.05) is 27.9 Å². The maximum atomic E-state index is 14.5. The summed E-state index contributed by atoms with van der Waals surface area (Å²) in [6.45, 7) is 23.0. The van der Waals surface area contributed by atoms with E-state index >= 15 is 0 Å². The minimum atomic E-state index is -2.38. The van der Waals surface area contributed by atoms with Crippen molar-refractivity contribution < 1.29 is 48.0 Å². The number of carbonyl (C=O) groups excluding carboxylic acids is 4. The number of ketones is 2. The smallest absolute Gasteiger partial charge is 0.329 e. The van der Waals surface area contributed by atoms with Gasteiger partial charge in [0.25, 0.3) is 11.7 Å². The molecule has 1 aliphatic carbocycles. The third-order valence-electron chi connectivity index (χ3n) is 15.5. The SMILES string of the molecule is C=C1[C@H](C)C[C@H](C)/C=C/C=C/C=C(\C)[C@@H](OC)C[C@@H]2CC[C@@H](C)[C@@](O)(O2)C(=O)C(=O)N2CCCC[C@H]2C(=O)O[C@H]([C@H](C)C[C@@H]2CC[C@@H](C)[C@H](OC)C2)CC(=O)[C@H](C)/C=C(\C)[C@@H](C)[C@H]1OC. The zero-order valence-corrected chi connectivity index (χ0v) is 42.0. The molecule has 3 heterocycles. The van der Waals surface area contributed by atoms with E-state index in [2.05, 4.69) is 40.3 Å². The number of esters is 1. The van der Waals surface area contributed by atoms with Gasteiger partial charge in [0, 0.05) is 58.5 Å². The van der Waals surface area contributed by atoms with E-state index in [0.29, 0.717) is 50.4 Å². The van der Waals surface area contributed by atoms with Crippen LogP contribution in [-0.4, -0.2) is 104 Å². The van der Waals surface area contributed by atoms with Crippen LogP contribution in [0.5, 0.6) is 0 Å². The van der Waals surface area contributed by atoms with E-state index in [-0.39, 0.29) is 60.7 Å². The first kappa shape index (κ1) is 54.4. The number of aliphatic hydroxyl groups is 1. The number of nitrogens with zero attached hydrogens (tertiary/aromatic N) is 1. The first-order chi connectivity index (χ1) is 30.7. The van der Waals surface area contributed by atoms with Gasteiger partial charge in [-0.15, -0.1) is 0 Å². The molecule has 3 aliphatic heterocycles. The molecular weight excluding hydrogens is 823 g/mol. The van der Waals surface area contributed by atoms with Crippen LogP contribution in [0.2, 0.25) is 0 Å². The van der Waals surface area contributed by atoms with Crippen LogP contribution in [0.1, 0.15) is 139 Å². The van der Waals surface area contributed by atoms with E-state index in [0.717, 1.165) is 48.8 Å². The summed E-state index contributed by atoms with van der Waals surface area (Å²) < 4.78 is 30.4. The van der Waals surface area contributed by atoms with Crippen molar-refractivity contribution in [3.63, 3.8) is 0 Å². The van der Waals surface area contributed by atoms with Crippen LogP contribution in [-0.2, 0) is 42.9 Å². The summed E-state index contributed by atoms with van der Waals surface area (Å²) in [5.41, 5.74) is 2.97. The average molecular weight is 908 g/mol. The van der Waals surface area contributed by atoms with Crippen molar-refractivity contribution in [3.8, 4) is 0 Å². The predicted molar refractivity (Wildman–Crippen MR) is 256 cm³/mol. The predicted octanol–water partition coefficient (Wildman–Crippen LogP) is 9.72. The van der Waals surface area contributed by atoms with Gasteiger partial charge in [0.15, 0.2) is 0 Å². The van der Waals surface area contributed by atoms with Crippen molar-refractivity contribution in [3.05, 3.63) is 59.8 Å². The Labute approximate surface area is 391 Å². The van der Waals surface area contributed by atoms with Crippen LogP contribution in [0.4, 0.5) is 0 Å². The zero-order chi connectivity index (χ0) is 48.2. The molecule has 0 aromatic heterocycles. The highest BCUT2D eigenvalue weighted by Gasteiger charge is 2.53. The molecule has 2 saturated heterocycles. The summed E-state index contributed by atoms with van der Waals surface area (Å²) >= 11 is 0. The minimum absolute atomic E-state index is 0.00430. The van der Waals surface area contributed by atoms with E-state index in [4.69, 9.17) is 23.7 Å². The van der Waals surface area contributed by atoms with Gasteiger partial charge < -0.3 is 33.7 Å². The monoisotopic (exact) mass is 908 g/mol. The number of methoxy groups -OCH3 is 3. The topological polar surface area (TPSA) is 138 Å². The molecular formula is C54H85NO10. The molecule has 1 saturated carbocycles. The molecule has 0 unspecified atom stereocenters. The normalized spacial score (nSPS) is 40.4. The molecule has 4 rings (SSSR count). The Kier molecular flexibility index (Phi) is 21.1. The van der Waals surface area contributed by atoms with Crippen molar-refractivity contribution in [1.29, 1.82) is 0 Å². The van der Waals surface area contributed by atoms with Gasteiger partial charge in [-0.25, -0.2) is 4.79 Å². The Bertz CT molecular complexity index is 1750. The van der Waals surface area contributed by atoms with Crippen LogP contribution in [0.15, 0.2) is 59.8 Å². The second-order valence-corrected chi connectivity index (χ2v) is 20.5. The number of fused-ring (bicyclic) bond motifs is 3. The highest BCUT2D eigenvalue weighted by atomic mass is 16.6. The standard InChI is InChI=1S/C54H85NO10/c1-33-19-15-14-16-20-34(2)48(62-12)31-44-25-23-40(8)54(60,65-44)51(57)52(58)55-26-18-17-21-45(55)53(59)64-49(39(7)29-43-24-22-35(3)47(30-43)61-11)32-46(56)38(6)28-37(5)42(10)50(63-13)41(9)36(4)27-33/h14-16,19-20,28,33,35-36,38-40,42-45,47-50,60H,9,17-18,21-27,29-32H2,1-8,10-13H3/b16-14+,19-15+,34-20+,37-28+/t33-,35-,36-,38-,39-,40-,42-,43+,44+,45+,47-,48+,49+,50+,54-/m1/s1. The molecule has 2 bridgehead atoms. The van der Waals surface area contributed by atoms with Crippen molar-refractivity contribution in [2.45, 2.75) is 182 Å². The van der Waals surface area contributed by atoms with Gasteiger partial charge in [0.2, 0.25) is 5.79 Å². The zero-order valence-electron chi connectivity index (χ0n) is 42.0. The summed E-state index contributed by atoms with van der Waals surface area (Å²) in [5.74, 6) is -5.23. The summed E-state index contributed by atoms with van der Waals surface area (Å²) in [4.78, 5) is 58.5. The van der Waals surface area contributed by atoms with E-state index in [1.165, 1.54) is 4.90 Å². The molecule has 15 atom stereocenters. The number of piperidine rings is 1. The van der Waals surface area contributed by atoms with E-state index < -0.39 is 53.5 Å². The van der Waals surface area contributed by atoms with E-state index in [1.54, 1.807) is 28.3 Å². The lowest BCUT2D eigenvalue weighted by Gasteiger charge is -2.42. The molecule has 0 aromatic carbocycles. The minimum Gasteiger partial charge on any atom is -0.460 e. The Morgan fingerprint density at radius 1 is 0.862 bits per heavy atom. The molecule has 0 aromatic rings. The van der Waals surface area contributed by atoms with E-state index in [1.807, 2.05) is 58.1 Å². The third-order valence-corrected chi connectivity index (χ3v) is 15.5. The summed E-state index contributed by atoms with van der Waals surface area (Å²) in [6.07, 6.45) is 17.9. The van der Waals surface area contributed by atoms with Crippen LogP contribution in [0.25, 0.3) is 0 Å². The Morgan fingerprint density at radius 2 is 1.58 bits per heavy atom. The van der Waals surface area contributed by atoms with Crippen LogP contribution >= 0.6 is 0 Å². The van der Waals surface area contributed by atoms with Gasteiger partial charge in [-0.2, -0.15) is 0 Å². The number of cyclic esters (lactones) is 1. The average Bonchev–Trinajstić information content (AvgIpc) is 3.28. The quantitative estimate of drug-likeness (QED) is 0.156. The van der Waals surface area contributed by atoms with Gasteiger partial charge in [-0.05, 0) is 119 Å². The summed E-state index contributed by atoms with van der Waals surface area (Å²) in [7, 11) is 5.09. The molecule has 366 valence electrons. The van der Waals surface area contributed by atoms with E-state index in [9.17, 15) is 24.3 Å². The van der Waals surface area contributed by atoms with Crippen LogP contribution < -0.4 is 0 Å². The lowest BCUT2D eigenvalue weighted by molar-refractivity contribution is -0.265. The maximum Gasteiger partial charge on any atom is 0.329 e. The number of hydrogen-bond donors (Lipinski definition) is 1. The lowest BCUT2D eigenvalue weighted by Crippen LogP contribution is -2.61. The van der Waals surface area contributed by atoms with Crippen LogP contribution in [0, 0.1) is 47.3 Å². The first-order valence-electron chi connectivity index (χ1n) is 24.7. The number of ether oxygens (including phenoxy) is 5. The highest BCUT2D eigenvalue weighted by Crippen LogP contribution is 2.39. The third kappa shape index (κ3) is 14.4. The Hall–Kier alpha value is -3.22. The van der Waals surface area contributed by atoms with Crippen molar-refractivity contribution in [1.82, 2.24) is 4.90 Å². The molecule has 3 fully saturated rings. The van der Waals surface area contributed by atoms with Crippen molar-refractivity contribution >= 4 is 23.4 Å². The summed E-state index contributed by atoms with van der Waals surface area (Å²) in [5, 5.41) is 12.0. The number of Topliss-reactive ketones (excluding diaryl/α,β-unsaturated/α-hetero) is 2. The summed E-state index contributed by atoms with van der Waals surface area (Å²) in [6, 6.07) is -1.05. The van der Waals surface area contributed by atoms with Gasteiger partial charge in [0.1, 0.15) is 17.9 Å². The number of allylic oxidation sites excluding steroid dienone is 6. The Balaban J connectivity index is 1.70. The number of hydrogen-bond acceptors (Lipinski definition) is 10. The fourth-order valence-electron chi connectivity index (χ4n) is 10.7. The fraction of sp³-hybridized carbons (Fsp3) is 0.741. The lowest BCUT2D eigenvalue weighted by atomic mass is 9.76. The molecule has 1 amide bonds. The molecule has 11 nitrogen and oxygen atoms in total. The second kappa shape index (κ2) is 25.2. The Morgan fingerprint density at radius 3 is 2.26 bits per heavy atom. The number of amides is 1. The molecule has 0 spiro atoms. The van der Waals surface area contributed by atoms with Gasteiger partial charge in [-0.1, -0.05) is 97.1 Å². The first-order valence-corrected chi connectivity index (χ1v) is 24.7. The number of rotatable bonds is 6. The number of carbonyl (C=O) groups is 4. The van der Waals surface area contributed by atoms with Gasteiger partial charge in [-0.3, -0.25) is 14.4 Å². The molecule has 4 aliphatic rings. The molecule has 65 heavy (non-hydrogen) atoms. The van der Waals surface area contributed by atoms with Gasteiger partial charge >= 0.3 is 5.97 Å². The van der Waals surface area contributed by atoms with Crippen LogP contribution in [0.3, 0.4) is 0 Å². The highest BCUT2D eigenvalue weighted by molar-refractivity contribution is 6.39. The molecule has 0 radical (unpaired) electrons. The molecule has 11 heteroatoms. The van der Waals surface area contributed by atoms with Gasteiger partial charge in [0.05, 0.1) is 24.4 Å². The fourth-order valence-corrected chi connectivity index (χ4v) is 10.7. The maximum absolute atomic E-state index is 14.5. The molecule has 1 N–H and O–H groups in total. The van der Waals surface area contributed by atoms with Crippen molar-refractivity contribution in [2.24, 2.45) is 47.3 Å². The largest absolute Gasteiger partial charge is 0.460 e. The second-order valence-electron chi connectivity index (χ2n) is 20.5.